The monoisotopic (exact) mass is 357 g/mol. The van der Waals surface area contributed by atoms with Gasteiger partial charge in [-0.25, -0.2) is 12.8 Å². The van der Waals surface area contributed by atoms with Gasteiger partial charge in [0.15, 0.2) is 15.0 Å². The van der Waals surface area contributed by atoms with Crippen molar-refractivity contribution in [2.75, 3.05) is 35.2 Å². The molecule has 0 amide bonds. The molecule has 3 heterocycles. The number of sulfone groups is 1. The Morgan fingerprint density at radius 1 is 1.22 bits per heavy atom. The van der Waals surface area contributed by atoms with Crippen molar-refractivity contribution in [3.8, 4) is 0 Å². The molecule has 0 radical (unpaired) electrons. The van der Waals surface area contributed by atoms with Gasteiger partial charge in [-0.05, 0) is 20.3 Å². The Morgan fingerprint density at radius 3 is 2.65 bits per heavy atom. The number of nitrogens with zero attached hydrogens (tertiary/aromatic N) is 5. The Balaban J connectivity index is 1.95. The predicted octanol–water partition coefficient (Wildman–Crippen LogP) is 0.662. The molecule has 0 saturated carbocycles. The van der Waals surface area contributed by atoms with Gasteiger partial charge in [-0.1, -0.05) is 11.8 Å². The maximum absolute atomic E-state index is 11.6. The van der Waals surface area contributed by atoms with E-state index in [-0.39, 0.29) is 16.8 Å². The van der Waals surface area contributed by atoms with Gasteiger partial charge in [0.05, 0.1) is 11.5 Å². The summed E-state index contributed by atoms with van der Waals surface area (Å²) in [6, 6.07) is 0. The van der Waals surface area contributed by atoms with Crippen molar-refractivity contribution in [1.29, 1.82) is 0 Å². The van der Waals surface area contributed by atoms with Crippen LogP contribution in [0.5, 0.6) is 0 Å². The maximum atomic E-state index is 11.6. The molecule has 1 unspecified atom stereocenters. The third-order valence-electron chi connectivity index (χ3n) is 3.38. The Hall–Kier alpha value is -1.62. The molecule has 0 spiro atoms. The van der Waals surface area contributed by atoms with E-state index in [0.29, 0.717) is 42.3 Å². The second-order valence-corrected chi connectivity index (χ2v) is 8.69. The van der Waals surface area contributed by atoms with Crippen molar-refractivity contribution in [2.45, 2.75) is 30.7 Å². The van der Waals surface area contributed by atoms with Gasteiger partial charge in [-0.15, -0.1) is 10.2 Å². The zero-order valence-corrected chi connectivity index (χ0v) is 14.6. The van der Waals surface area contributed by atoms with Gasteiger partial charge in [-0.3, -0.25) is 0 Å². The van der Waals surface area contributed by atoms with Gasteiger partial charge in [0.1, 0.15) is 0 Å². The fraction of sp³-hybridized carbons (Fsp3) is 0.667. The van der Waals surface area contributed by atoms with Crippen molar-refractivity contribution in [3.63, 3.8) is 0 Å². The van der Waals surface area contributed by atoms with Crippen molar-refractivity contribution < 1.29 is 8.42 Å². The molecule has 1 aliphatic rings. The SMILES string of the molecule is CCNc1nc(NCC)n2c(SC3CCS(=O)(=O)C3)nnc2n1. The highest BCUT2D eigenvalue weighted by molar-refractivity contribution is 8.01. The highest BCUT2D eigenvalue weighted by Crippen LogP contribution is 2.31. The lowest BCUT2D eigenvalue weighted by Crippen LogP contribution is -2.12. The molecule has 2 aromatic rings. The van der Waals surface area contributed by atoms with Crippen LogP contribution in [0.4, 0.5) is 11.9 Å². The van der Waals surface area contributed by atoms with E-state index in [9.17, 15) is 8.42 Å². The van der Waals surface area contributed by atoms with Crippen molar-refractivity contribution in [3.05, 3.63) is 0 Å². The normalized spacial score (nSPS) is 20.0. The Bertz CT molecular complexity index is 805. The van der Waals surface area contributed by atoms with Crippen LogP contribution in [0.1, 0.15) is 20.3 Å². The second kappa shape index (κ2) is 6.48. The van der Waals surface area contributed by atoms with E-state index in [4.69, 9.17) is 0 Å². The van der Waals surface area contributed by atoms with Gasteiger partial charge in [0.25, 0.3) is 5.78 Å². The first-order valence-electron chi connectivity index (χ1n) is 7.50. The molecule has 2 aromatic heterocycles. The first-order valence-corrected chi connectivity index (χ1v) is 10.2. The molecule has 2 N–H and O–H groups in total. The van der Waals surface area contributed by atoms with Crippen LogP contribution < -0.4 is 10.6 Å². The summed E-state index contributed by atoms with van der Waals surface area (Å²) in [5.41, 5.74) is 0. The molecule has 1 saturated heterocycles. The Kier molecular flexibility index (Phi) is 4.57. The van der Waals surface area contributed by atoms with Gasteiger partial charge in [-0.2, -0.15) is 9.97 Å². The van der Waals surface area contributed by atoms with E-state index >= 15 is 0 Å². The van der Waals surface area contributed by atoms with Crippen LogP contribution in [0, 0.1) is 0 Å². The maximum Gasteiger partial charge on any atom is 0.261 e. The molecule has 0 aliphatic carbocycles. The fourth-order valence-electron chi connectivity index (χ4n) is 2.38. The van der Waals surface area contributed by atoms with Crippen molar-refractivity contribution in [2.24, 2.45) is 0 Å². The third-order valence-corrected chi connectivity index (χ3v) is 6.57. The summed E-state index contributed by atoms with van der Waals surface area (Å²) in [6.07, 6.45) is 0.634. The number of hydrogen-bond acceptors (Lipinski definition) is 9. The summed E-state index contributed by atoms with van der Waals surface area (Å²) >= 11 is 1.42. The number of fused-ring (bicyclic) bond motifs is 1. The number of thioether (sulfide) groups is 1. The van der Waals surface area contributed by atoms with Gasteiger partial charge in [0.2, 0.25) is 11.9 Å². The minimum atomic E-state index is -2.92. The van der Waals surface area contributed by atoms with E-state index in [1.54, 1.807) is 4.40 Å². The van der Waals surface area contributed by atoms with Crippen LogP contribution in [0.2, 0.25) is 0 Å². The van der Waals surface area contributed by atoms with Crippen LogP contribution in [-0.2, 0) is 9.84 Å². The van der Waals surface area contributed by atoms with E-state index < -0.39 is 9.84 Å². The molecule has 1 atom stereocenters. The summed E-state index contributed by atoms with van der Waals surface area (Å²) in [4.78, 5) is 8.76. The Labute approximate surface area is 138 Å². The molecule has 1 fully saturated rings. The number of anilines is 2. The summed E-state index contributed by atoms with van der Waals surface area (Å²) in [5, 5.41) is 15.1. The molecule has 0 aromatic carbocycles. The van der Waals surface area contributed by atoms with Gasteiger partial charge >= 0.3 is 0 Å². The minimum absolute atomic E-state index is 0.00433. The molecule has 0 bridgehead atoms. The lowest BCUT2D eigenvalue weighted by Gasteiger charge is -2.10. The van der Waals surface area contributed by atoms with Crippen molar-refractivity contribution in [1.82, 2.24) is 24.6 Å². The molecule has 3 rings (SSSR count). The molecular weight excluding hydrogens is 338 g/mol. The minimum Gasteiger partial charge on any atom is -0.355 e. The van der Waals surface area contributed by atoms with Crippen LogP contribution in [0.25, 0.3) is 5.78 Å². The van der Waals surface area contributed by atoms with E-state index in [2.05, 4.69) is 30.8 Å². The quantitative estimate of drug-likeness (QED) is 0.769. The number of hydrogen-bond donors (Lipinski definition) is 2. The molecule has 9 nitrogen and oxygen atoms in total. The number of aromatic nitrogens is 5. The molecular formula is C12H19N7O2S2. The molecule has 126 valence electrons. The van der Waals surface area contributed by atoms with E-state index in [0.717, 1.165) is 0 Å². The largest absolute Gasteiger partial charge is 0.355 e. The van der Waals surface area contributed by atoms with Crippen LogP contribution >= 0.6 is 11.8 Å². The standard InChI is InChI=1S/C12H19N7O2S2/c1-3-13-9-15-10(14-4-2)19-11(16-9)17-18-12(19)22-8-5-6-23(20,21)7-8/h8H,3-7H2,1-2H3,(H2,13,14,15,16,17). The molecule has 23 heavy (non-hydrogen) atoms. The smallest absolute Gasteiger partial charge is 0.261 e. The topological polar surface area (TPSA) is 114 Å². The van der Waals surface area contributed by atoms with Crippen molar-refractivity contribution >= 4 is 39.3 Å². The fourth-order valence-corrected chi connectivity index (χ4v) is 5.87. The van der Waals surface area contributed by atoms with Gasteiger partial charge in [0, 0.05) is 18.3 Å². The summed E-state index contributed by atoms with van der Waals surface area (Å²) in [5.74, 6) is 1.95. The molecule has 11 heteroatoms. The van der Waals surface area contributed by atoms with E-state index in [1.807, 2.05) is 13.8 Å². The first-order chi connectivity index (χ1) is 11.0. The average molecular weight is 357 g/mol. The van der Waals surface area contributed by atoms with E-state index in [1.165, 1.54) is 11.8 Å². The second-order valence-electron chi connectivity index (χ2n) is 5.19. The Morgan fingerprint density at radius 2 is 2.00 bits per heavy atom. The number of nitrogens with one attached hydrogen (secondary N) is 2. The summed E-state index contributed by atoms with van der Waals surface area (Å²) < 4.78 is 25.0. The zero-order valence-electron chi connectivity index (χ0n) is 13.0. The van der Waals surface area contributed by atoms with Crippen LogP contribution in [0.15, 0.2) is 5.16 Å². The lowest BCUT2D eigenvalue weighted by molar-refractivity contribution is 0.602. The average Bonchev–Trinajstić information content (AvgIpc) is 3.04. The lowest BCUT2D eigenvalue weighted by atomic mass is 10.4. The van der Waals surface area contributed by atoms with Crippen LogP contribution in [-0.4, -0.2) is 62.8 Å². The molecule has 1 aliphatic heterocycles. The first kappa shape index (κ1) is 16.2. The highest BCUT2D eigenvalue weighted by atomic mass is 32.2. The summed E-state index contributed by atoms with van der Waals surface area (Å²) in [7, 11) is -2.92. The zero-order chi connectivity index (χ0) is 16.4. The highest BCUT2D eigenvalue weighted by Gasteiger charge is 2.30. The van der Waals surface area contributed by atoms with Gasteiger partial charge < -0.3 is 10.6 Å². The van der Waals surface area contributed by atoms with Crippen LogP contribution in [0.3, 0.4) is 0 Å². The third kappa shape index (κ3) is 3.50. The number of rotatable bonds is 6. The predicted molar refractivity (Wildman–Crippen MR) is 89.8 cm³/mol. The summed E-state index contributed by atoms with van der Waals surface area (Å²) in [6.45, 7) is 5.34.